The van der Waals surface area contributed by atoms with Crippen molar-refractivity contribution in [3.63, 3.8) is 0 Å². The van der Waals surface area contributed by atoms with Crippen molar-refractivity contribution in [2.45, 2.75) is 31.3 Å². The zero-order valence-corrected chi connectivity index (χ0v) is 17.1. The number of hydrogen-bond donors (Lipinski definition) is 1. The molecule has 2 rings (SSSR count). The molecule has 25 heavy (non-hydrogen) atoms. The number of methoxy groups -OCH3 is 1. The van der Waals surface area contributed by atoms with E-state index >= 15 is 0 Å². The van der Waals surface area contributed by atoms with Crippen LogP contribution in [0.25, 0.3) is 0 Å². The molecule has 0 bridgehead atoms. The van der Waals surface area contributed by atoms with E-state index in [0.717, 1.165) is 25.2 Å². The Labute approximate surface area is 157 Å². The number of hydrogen-bond acceptors (Lipinski definition) is 4. The number of rotatable bonds is 7. The summed E-state index contributed by atoms with van der Waals surface area (Å²) in [4.78, 5) is 2.31. The molecule has 1 N–H and O–H groups in total. The van der Waals surface area contributed by atoms with Gasteiger partial charge in [-0.1, -0.05) is 11.1 Å². The number of halogens is 2. The van der Waals surface area contributed by atoms with Gasteiger partial charge in [-0.15, -0.1) is 0 Å². The van der Waals surface area contributed by atoms with Gasteiger partial charge >= 0.3 is 0 Å². The first-order valence-corrected chi connectivity index (χ1v) is 10.3. The molecule has 0 saturated carbocycles. The minimum Gasteiger partial charge on any atom is -0.382 e. The third-order valence-electron chi connectivity index (χ3n) is 4.33. The molecule has 0 amide bonds. The lowest BCUT2D eigenvalue weighted by Crippen LogP contribution is -2.33. The number of nitrogens with zero attached hydrogens (tertiary/aromatic N) is 1. The summed E-state index contributed by atoms with van der Waals surface area (Å²) in [6.45, 7) is 5.53. The van der Waals surface area contributed by atoms with Crippen molar-refractivity contribution in [3.05, 3.63) is 33.8 Å². The molecule has 0 aromatic heterocycles. The molecular formula is C17H24BrFN2O3S. The minimum absolute atomic E-state index is 0.0984. The van der Waals surface area contributed by atoms with Crippen molar-refractivity contribution in [1.82, 2.24) is 4.72 Å². The Kier molecular flexibility index (Phi) is 7.01. The summed E-state index contributed by atoms with van der Waals surface area (Å²) in [6.07, 6.45) is -0.383. The van der Waals surface area contributed by atoms with Crippen molar-refractivity contribution >= 4 is 31.6 Å². The fourth-order valence-electron chi connectivity index (χ4n) is 2.66. The van der Waals surface area contributed by atoms with Crippen LogP contribution in [0.5, 0.6) is 0 Å². The van der Waals surface area contributed by atoms with Gasteiger partial charge in [0.05, 0.1) is 11.5 Å². The molecule has 0 aliphatic carbocycles. The highest BCUT2D eigenvalue weighted by molar-refractivity contribution is 9.10. The van der Waals surface area contributed by atoms with Crippen LogP contribution < -0.4 is 9.62 Å². The second-order valence-electron chi connectivity index (χ2n) is 6.25. The van der Waals surface area contributed by atoms with Gasteiger partial charge < -0.3 is 9.64 Å². The molecular weight excluding hydrogens is 411 g/mol. The topological polar surface area (TPSA) is 58.6 Å². The van der Waals surface area contributed by atoms with Crippen molar-refractivity contribution in [2.24, 2.45) is 0 Å². The third-order valence-corrected chi connectivity index (χ3v) is 6.73. The Hall–Kier alpha value is -0.960. The first-order chi connectivity index (χ1) is 11.7. The molecule has 0 saturated heterocycles. The molecule has 1 aliphatic rings. The van der Waals surface area contributed by atoms with Crippen LogP contribution in [-0.4, -0.2) is 47.9 Å². The van der Waals surface area contributed by atoms with Crippen molar-refractivity contribution in [2.75, 3.05) is 38.3 Å². The minimum atomic E-state index is -3.79. The summed E-state index contributed by atoms with van der Waals surface area (Å²) in [5.41, 5.74) is 3.71. The Morgan fingerprint density at radius 2 is 2.08 bits per heavy atom. The molecule has 1 aliphatic heterocycles. The molecule has 1 heterocycles. The smallest absolute Gasteiger partial charge is 0.241 e. The highest BCUT2D eigenvalue weighted by Crippen LogP contribution is 2.30. The van der Waals surface area contributed by atoms with E-state index in [-0.39, 0.29) is 18.0 Å². The quantitative estimate of drug-likeness (QED) is 0.669. The van der Waals surface area contributed by atoms with Crippen LogP contribution >= 0.6 is 15.9 Å². The summed E-state index contributed by atoms with van der Waals surface area (Å²) in [6, 6.07) is 5.13. The summed E-state index contributed by atoms with van der Waals surface area (Å²) < 4.78 is 45.6. The van der Waals surface area contributed by atoms with Gasteiger partial charge in [-0.25, -0.2) is 17.5 Å². The van der Waals surface area contributed by atoms with E-state index in [9.17, 15) is 12.8 Å². The van der Waals surface area contributed by atoms with E-state index < -0.39 is 16.2 Å². The van der Waals surface area contributed by atoms with Crippen LogP contribution in [0.3, 0.4) is 0 Å². The molecule has 1 aromatic carbocycles. The lowest BCUT2D eigenvalue weighted by Gasteiger charge is -2.31. The molecule has 1 aromatic rings. The molecule has 1 atom stereocenters. The number of sulfonamides is 1. The Morgan fingerprint density at radius 3 is 2.68 bits per heavy atom. The highest BCUT2D eigenvalue weighted by atomic mass is 79.9. The third kappa shape index (κ3) is 5.26. The van der Waals surface area contributed by atoms with Gasteiger partial charge in [-0.2, -0.15) is 0 Å². The van der Waals surface area contributed by atoms with E-state index in [0.29, 0.717) is 4.47 Å². The fourth-order valence-corrected chi connectivity index (χ4v) is 4.78. The number of alkyl halides is 1. The molecule has 8 heteroatoms. The van der Waals surface area contributed by atoms with Gasteiger partial charge in [0.25, 0.3) is 0 Å². The predicted molar refractivity (Wildman–Crippen MR) is 101 cm³/mol. The standard InChI is InChI=1S/C17H24BrFN2O3S/c1-12-6-7-21(10-13(12)2)15-4-5-17(16(18)8-15)25(22,23)20-9-14(19)11-24-3/h4-5,8,14,20H,6-7,9-11H2,1-3H3. The molecule has 1 unspecified atom stereocenters. The SMILES string of the molecule is COCC(F)CNS(=O)(=O)c1ccc(N2CCC(C)=C(C)C2)cc1Br. The van der Waals surface area contributed by atoms with Crippen LogP contribution in [0.15, 0.2) is 38.7 Å². The van der Waals surface area contributed by atoms with Gasteiger partial charge in [-0.3, -0.25) is 0 Å². The highest BCUT2D eigenvalue weighted by Gasteiger charge is 2.21. The van der Waals surface area contributed by atoms with Gasteiger partial charge in [0.1, 0.15) is 6.17 Å². The normalized spacial score (nSPS) is 17.1. The van der Waals surface area contributed by atoms with Crippen LogP contribution in [0.1, 0.15) is 20.3 Å². The molecule has 0 spiro atoms. The maximum atomic E-state index is 13.5. The monoisotopic (exact) mass is 434 g/mol. The molecule has 5 nitrogen and oxygen atoms in total. The number of benzene rings is 1. The summed E-state index contributed by atoms with van der Waals surface area (Å²) in [7, 11) is -2.42. The average molecular weight is 435 g/mol. The summed E-state index contributed by atoms with van der Waals surface area (Å²) >= 11 is 3.34. The lowest BCUT2D eigenvalue weighted by atomic mass is 10.0. The molecule has 0 fully saturated rings. The van der Waals surface area contributed by atoms with E-state index in [1.165, 1.54) is 18.3 Å². The Balaban J connectivity index is 2.13. The van der Waals surface area contributed by atoms with E-state index in [2.05, 4.69) is 44.1 Å². The van der Waals surface area contributed by atoms with Crippen molar-refractivity contribution in [3.8, 4) is 0 Å². The first-order valence-electron chi connectivity index (χ1n) is 8.07. The Bertz CT molecular complexity index is 752. The molecule has 0 radical (unpaired) electrons. The second kappa shape index (κ2) is 8.62. The van der Waals surface area contributed by atoms with Gasteiger partial charge in [-0.05, 0) is 54.4 Å². The van der Waals surface area contributed by atoms with E-state index in [1.54, 1.807) is 18.2 Å². The number of anilines is 1. The summed E-state index contributed by atoms with van der Waals surface area (Å²) in [5.74, 6) is 0. The molecule has 140 valence electrons. The van der Waals surface area contributed by atoms with Gasteiger partial charge in [0.2, 0.25) is 10.0 Å². The van der Waals surface area contributed by atoms with Crippen molar-refractivity contribution < 1.29 is 17.5 Å². The number of nitrogens with one attached hydrogen (secondary N) is 1. The predicted octanol–water partition coefficient (Wildman–Crippen LogP) is 3.26. The first kappa shape index (κ1) is 20.4. The summed E-state index contributed by atoms with van der Waals surface area (Å²) in [5, 5.41) is 0. The maximum absolute atomic E-state index is 13.5. The number of ether oxygens (including phenoxy) is 1. The Morgan fingerprint density at radius 1 is 1.36 bits per heavy atom. The van der Waals surface area contributed by atoms with E-state index in [4.69, 9.17) is 0 Å². The van der Waals surface area contributed by atoms with E-state index in [1.807, 2.05) is 0 Å². The zero-order chi connectivity index (χ0) is 18.6. The van der Waals surface area contributed by atoms with Gasteiger partial charge in [0.15, 0.2) is 0 Å². The van der Waals surface area contributed by atoms with Crippen LogP contribution in [-0.2, 0) is 14.8 Å². The van der Waals surface area contributed by atoms with Gasteiger partial charge in [0, 0.05) is 36.9 Å². The zero-order valence-electron chi connectivity index (χ0n) is 14.7. The lowest BCUT2D eigenvalue weighted by molar-refractivity contribution is 0.126. The largest absolute Gasteiger partial charge is 0.382 e. The maximum Gasteiger partial charge on any atom is 0.241 e. The van der Waals surface area contributed by atoms with Crippen molar-refractivity contribution in [1.29, 1.82) is 0 Å². The average Bonchev–Trinajstić information content (AvgIpc) is 2.55. The van der Waals surface area contributed by atoms with Crippen LogP contribution in [0, 0.1) is 0 Å². The van der Waals surface area contributed by atoms with Crippen LogP contribution in [0.2, 0.25) is 0 Å². The second-order valence-corrected chi connectivity index (χ2v) is 8.84. The van der Waals surface area contributed by atoms with Crippen LogP contribution in [0.4, 0.5) is 10.1 Å². The fraction of sp³-hybridized carbons (Fsp3) is 0.529.